The standard InChI is InChI=1S/C17H18Br2ClNO/c1-3-6-22-17-14(18)7-12(8-15(17)19)10-21-13-5-4-11(2)16(20)9-13/h4-5,7-9,21H,3,6,10H2,1-2H3. The highest BCUT2D eigenvalue weighted by molar-refractivity contribution is 9.11. The zero-order valence-corrected chi connectivity index (χ0v) is 16.5. The second-order valence-electron chi connectivity index (χ2n) is 5.05. The number of halogens is 3. The van der Waals surface area contributed by atoms with Crippen LogP contribution in [-0.4, -0.2) is 6.61 Å². The molecule has 0 saturated carbocycles. The van der Waals surface area contributed by atoms with Gasteiger partial charge < -0.3 is 10.1 Å². The molecule has 0 saturated heterocycles. The SMILES string of the molecule is CCCOc1c(Br)cc(CNc2ccc(C)c(Cl)c2)cc1Br. The second kappa shape index (κ2) is 8.23. The zero-order chi connectivity index (χ0) is 16.1. The van der Waals surface area contributed by atoms with E-state index in [1.807, 2.05) is 25.1 Å². The lowest BCUT2D eigenvalue weighted by Crippen LogP contribution is -2.02. The van der Waals surface area contributed by atoms with E-state index >= 15 is 0 Å². The largest absolute Gasteiger partial charge is 0.491 e. The molecule has 2 rings (SSSR count). The van der Waals surface area contributed by atoms with E-state index in [1.54, 1.807) is 0 Å². The molecule has 2 nitrogen and oxygen atoms in total. The molecule has 1 N–H and O–H groups in total. The first-order chi connectivity index (χ1) is 10.5. The van der Waals surface area contributed by atoms with Gasteiger partial charge in [0.1, 0.15) is 5.75 Å². The number of aryl methyl sites for hydroxylation is 1. The normalized spacial score (nSPS) is 10.6. The van der Waals surface area contributed by atoms with Gasteiger partial charge >= 0.3 is 0 Å². The van der Waals surface area contributed by atoms with Crippen LogP contribution in [0.3, 0.4) is 0 Å². The molecule has 0 aliphatic heterocycles. The summed E-state index contributed by atoms with van der Waals surface area (Å²) in [4.78, 5) is 0. The van der Waals surface area contributed by atoms with Crippen molar-refractivity contribution in [2.45, 2.75) is 26.8 Å². The molecule has 22 heavy (non-hydrogen) atoms. The highest BCUT2D eigenvalue weighted by Crippen LogP contribution is 2.35. The van der Waals surface area contributed by atoms with Gasteiger partial charge in [0.2, 0.25) is 0 Å². The van der Waals surface area contributed by atoms with Crippen LogP contribution in [0.5, 0.6) is 5.75 Å². The molecule has 0 spiro atoms. The van der Waals surface area contributed by atoms with Crippen LogP contribution in [-0.2, 0) is 6.54 Å². The molecule has 0 fully saturated rings. The van der Waals surface area contributed by atoms with Crippen LogP contribution in [0.15, 0.2) is 39.3 Å². The molecule has 0 bridgehead atoms. The lowest BCUT2D eigenvalue weighted by Gasteiger charge is -2.13. The van der Waals surface area contributed by atoms with Crippen molar-refractivity contribution in [2.24, 2.45) is 0 Å². The van der Waals surface area contributed by atoms with E-state index in [0.717, 1.165) is 43.0 Å². The third kappa shape index (κ3) is 4.64. The molecule has 0 radical (unpaired) electrons. The Bertz CT molecular complexity index is 638. The minimum atomic E-state index is 0.705. The molecule has 2 aromatic carbocycles. The summed E-state index contributed by atoms with van der Waals surface area (Å²) in [6.45, 7) is 5.50. The summed E-state index contributed by atoms with van der Waals surface area (Å²) in [7, 11) is 0. The van der Waals surface area contributed by atoms with Gasteiger partial charge in [-0.25, -0.2) is 0 Å². The Balaban J connectivity index is 2.08. The van der Waals surface area contributed by atoms with Crippen LogP contribution in [0.1, 0.15) is 24.5 Å². The summed E-state index contributed by atoms with van der Waals surface area (Å²) in [5, 5.41) is 4.15. The molecule has 2 aromatic rings. The Kier molecular flexibility index (Phi) is 6.60. The number of hydrogen-bond donors (Lipinski definition) is 1. The van der Waals surface area contributed by atoms with Gasteiger partial charge in [-0.2, -0.15) is 0 Å². The number of anilines is 1. The van der Waals surface area contributed by atoms with E-state index in [2.05, 4.69) is 56.2 Å². The fourth-order valence-electron chi connectivity index (χ4n) is 1.96. The quantitative estimate of drug-likeness (QED) is 0.540. The first-order valence-electron chi connectivity index (χ1n) is 7.12. The van der Waals surface area contributed by atoms with Crippen molar-refractivity contribution in [2.75, 3.05) is 11.9 Å². The van der Waals surface area contributed by atoms with Gasteiger partial charge in [-0.1, -0.05) is 24.6 Å². The van der Waals surface area contributed by atoms with E-state index in [0.29, 0.717) is 13.2 Å². The molecule has 0 unspecified atom stereocenters. The predicted octanol–water partition coefficient (Wildman–Crippen LogP) is 6.57. The molecule has 118 valence electrons. The minimum absolute atomic E-state index is 0.705. The third-order valence-corrected chi connectivity index (χ3v) is 4.76. The Morgan fingerprint density at radius 3 is 2.41 bits per heavy atom. The third-order valence-electron chi connectivity index (χ3n) is 3.18. The molecular weight excluding hydrogens is 429 g/mol. The Morgan fingerprint density at radius 2 is 1.82 bits per heavy atom. The smallest absolute Gasteiger partial charge is 0.147 e. The fourth-order valence-corrected chi connectivity index (χ4v) is 3.65. The van der Waals surface area contributed by atoms with Gasteiger partial charge in [-0.05, 0) is 80.6 Å². The Hall–Kier alpha value is -0.710. The molecule has 0 atom stereocenters. The summed E-state index contributed by atoms with van der Waals surface area (Å²) < 4.78 is 7.64. The first kappa shape index (κ1) is 17.6. The summed E-state index contributed by atoms with van der Waals surface area (Å²) in [5.41, 5.74) is 3.24. The average molecular weight is 448 g/mol. The predicted molar refractivity (Wildman–Crippen MR) is 101 cm³/mol. The van der Waals surface area contributed by atoms with Crippen molar-refractivity contribution in [3.05, 3.63) is 55.4 Å². The van der Waals surface area contributed by atoms with Crippen LogP contribution in [0.4, 0.5) is 5.69 Å². The summed E-state index contributed by atoms with van der Waals surface area (Å²) >= 11 is 13.3. The van der Waals surface area contributed by atoms with E-state index < -0.39 is 0 Å². The summed E-state index contributed by atoms with van der Waals surface area (Å²) in [6, 6.07) is 10.1. The number of rotatable bonds is 6. The first-order valence-corrected chi connectivity index (χ1v) is 9.08. The number of hydrogen-bond acceptors (Lipinski definition) is 2. The number of nitrogens with one attached hydrogen (secondary N) is 1. The molecule has 0 aliphatic carbocycles. The Labute approximate surface area is 153 Å². The van der Waals surface area contributed by atoms with Gasteiger partial charge in [0.25, 0.3) is 0 Å². The maximum atomic E-state index is 6.14. The van der Waals surface area contributed by atoms with Crippen molar-refractivity contribution in [1.82, 2.24) is 0 Å². The molecule has 0 amide bonds. The van der Waals surface area contributed by atoms with Crippen LogP contribution >= 0.6 is 43.5 Å². The maximum Gasteiger partial charge on any atom is 0.147 e. The van der Waals surface area contributed by atoms with Crippen molar-refractivity contribution in [1.29, 1.82) is 0 Å². The summed E-state index contributed by atoms with van der Waals surface area (Å²) in [6.07, 6.45) is 0.983. The average Bonchev–Trinajstić information content (AvgIpc) is 2.48. The summed E-state index contributed by atoms with van der Waals surface area (Å²) in [5.74, 6) is 0.851. The van der Waals surface area contributed by atoms with Gasteiger partial charge in [0.15, 0.2) is 0 Å². The van der Waals surface area contributed by atoms with Gasteiger partial charge in [-0.15, -0.1) is 0 Å². The lowest BCUT2D eigenvalue weighted by molar-refractivity contribution is 0.313. The zero-order valence-electron chi connectivity index (χ0n) is 12.6. The van der Waals surface area contributed by atoms with Crippen LogP contribution in [0, 0.1) is 6.92 Å². The van der Waals surface area contributed by atoms with E-state index in [1.165, 1.54) is 0 Å². The molecule has 0 aliphatic rings. The van der Waals surface area contributed by atoms with E-state index in [4.69, 9.17) is 16.3 Å². The Morgan fingerprint density at radius 1 is 1.14 bits per heavy atom. The van der Waals surface area contributed by atoms with Crippen LogP contribution < -0.4 is 10.1 Å². The molecule has 0 heterocycles. The van der Waals surface area contributed by atoms with Gasteiger partial charge in [0.05, 0.1) is 15.6 Å². The number of ether oxygens (including phenoxy) is 1. The second-order valence-corrected chi connectivity index (χ2v) is 7.17. The fraction of sp³-hybridized carbons (Fsp3) is 0.294. The molecule has 0 aromatic heterocycles. The van der Waals surface area contributed by atoms with E-state index in [-0.39, 0.29) is 0 Å². The minimum Gasteiger partial charge on any atom is -0.491 e. The van der Waals surface area contributed by atoms with Crippen molar-refractivity contribution >= 4 is 49.1 Å². The maximum absolute atomic E-state index is 6.14. The molecule has 5 heteroatoms. The van der Waals surface area contributed by atoms with Crippen LogP contribution in [0.2, 0.25) is 5.02 Å². The highest BCUT2D eigenvalue weighted by Gasteiger charge is 2.09. The van der Waals surface area contributed by atoms with Gasteiger partial charge in [-0.3, -0.25) is 0 Å². The lowest BCUT2D eigenvalue weighted by atomic mass is 10.2. The van der Waals surface area contributed by atoms with Crippen molar-refractivity contribution in [3.63, 3.8) is 0 Å². The highest BCUT2D eigenvalue weighted by atomic mass is 79.9. The van der Waals surface area contributed by atoms with Gasteiger partial charge in [0, 0.05) is 17.3 Å². The van der Waals surface area contributed by atoms with Crippen LogP contribution in [0.25, 0.3) is 0 Å². The van der Waals surface area contributed by atoms with E-state index in [9.17, 15) is 0 Å². The number of benzene rings is 2. The monoisotopic (exact) mass is 445 g/mol. The van der Waals surface area contributed by atoms with Crippen molar-refractivity contribution in [3.8, 4) is 5.75 Å². The molecular formula is C17H18Br2ClNO. The topological polar surface area (TPSA) is 21.3 Å². The van der Waals surface area contributed by atoms with Crippen molar-refractivity contribution < 1.29 is 4.74 Å².